The molecule has 0 aromatic carbocycles. The van der Waals surface area contributed by atoms with Gasteiger partial charge in [0.1, 0.15) is 6.10 Å². The van der Waals surface area contributed by atoms with Crippen molar-refractivity contribution in [3.05, 3.63) is 24.0 Å². The topological polar surface area (TPSA) is 56.7 Å². The number of amides is 1. The second kappa shape index (κ2) is 8.39. The van der Waals surface area contributed by atoms with E-state index >= 15 is 0 Å². The maximum atomic E-state index is 12.3. The highest BCUT2D eigenvalue weighted by molar-refractivity contribution is 7.98. The molecular formula is C16H25N3O2S. The van der Waals surface area contributed by atoms with Crippen LogP contribution < -0.4 is 4.90 Å². The molecule has 1 aliphatic heterocycles. The molecule has 6 heteroatoms. The zero-order valence-electron chi connectivity index (χ0n) is 13.4. The van der Waals surface area contributed by atoms with Crippen molar-refractivity contribution in [2.24, 2.45) is 0 Å². The molecule has 2 rings (SSSR count). The fourth-order valence-electron chi connectivity index (χ4n) is 2.76. The summed E-state index contributed by atoms with van der Waals surface area (Å²) in [7, 11) is 0. The fourth-order valence-corrected chi connectivity index (χ4v) is 3.22. The Labute approximate surface area is 136 Å². The summed E-state index contributed by atoms with van der Waals surface area (Å²) in [6.45, 7) is 5.16. The molecule has 0 bridgehead atoms. The zero-order chi connectivity index (χ0) is 15.9. The molecule has 2 heterocycles. The Balaban J connectivity index is 1.95. The highest BCUT2D eigenvalue weighted by Gasteiger charge is 2.24. The number of aryl methyl sites for hydroxylation is 1. The molecule has 0 unspecified atom stereocenters. The Kier molecular flexibility index (Phi) is 6.51. The average Bonchev–Trinajstić information content (AvgIpc) is 2.78. The minimum Gasteiger partial charge on any atom is -0.383 e. The van der Waals surface area contributed by atoms with Gasteiger partial charge in [0.05, 0.1) is 0 Å². The number of pyridine rings is 1. The van der Waals surface area contributed by atoms with Crippen molar-refractivity contribution in [3.63, 3.8) is 0 Å². The van der Waals surface area contributed by atoms with Crippen LogP contribution in [0.15, 0.2) is 18.5 Å². The second-order valence-corrected chi connectivity index (χ2v) is 6.61. The van der Waals surface area contributed by atoms with Gasteiger partial charge in [0.2, 0.25) is 0 Å². The number of anilines is 1. The minimum absolute atomic E-state index is 0.123. The number of aliphatic hydroxyl groups is 1. The Hall–Kier alpha value is -1.27. The molecule has 1 atom stereocenters. The maximum Gasteiger partial charge on any atom is 0.251 e. The molecule has 0 saturated carbocycles. The molecule has 1 aromatic rings. The predicted octanol–water partition coefficient (Wildman–Crippen LogP) is 1.54. The van der Waals surface area contributed by atoms with Crippen LogP contribution >= 0.6 is 11.8 Å². The second-order valence-electron chi connectivity index (χ2n) is 5.63. The number of rotatable bonds is 5. The first-order valence-corrected chi connectivity index (χ1v) is 9.14. The third-order valence-electron chi connectivity index (χ3n) is 4.02. The molecule has 5 nitrogen and oxygen atoms in total. The third kappa shape index (κ3) is 4.36. The molecular weight excluding hydrogens is 298 g/mol. The molecule has 1 aromatic heterocycles. The van der Waals surface area contributed by atoms with E-state index in [0.717, 1.165) is 37.4 Å². The molecule has 0 radical (unpaired) electrons. The van der Waals surface area contributed by atoms with Gasteiger partial charge in [-0.25, -0.2) is 0 Å². The minimum atomic E-state index is -0.860. The first-order chi connectivity index (χ1) is 10.6. The molecule has 1 saturated heterocycles. The van der Waals surface area contributed by atoms with Crippen molar-refractivity contribution in [3.8, 4) is 0 Å². The van der Waals surface area contributed by atoms with Crippen LogP contribution in [0.25, 0.3) is 0 Å². The van der Waals surface area contributed by atoms with Crippen LogP contribution in [0.5, 0.6) is 0 Å². The number of carbonyl (C=O) groups excluding carboxylic acids is 1. The highest BCUT2D eigenvalue weighted by atomic mass is 32.2. The highest BCUT2D eigenvalue weighted by Crippen LogP contribution is 2.20. The van der Waals surface area contributed by atoms with Crippen LogP contribution in [0.3, 0.4) is 0 Å². The van der Waals surface area contributed by atoms with E-state index in [1.807, 2.05) is 29.6 Å². The Morgan fingerprint density at radius 2 is 2.23 bits per heavy atom. The number of hydrogen-bond donors (Lipinski definition) is 1. The van der Waals surface area contributed by atoms with E-state index in [2.05, 4.69) is 16.8 Å². The number of hydrogen-bond acceptors (Lipinski definition) is 5. The van der Waals surface area contributed by atoms with E-state index in [4.69, 9.17) is 0 Å². The first-order valence-electron chi connectivity index (χ1n) is 7.75. The average molecular weight is 323 g/mol. The van der Waals surface area contributed by atoms with Gasteiger partial charge in [-0.05, 0) is 43.4 Å². The van der Waals surface area contributed by atoms with E-state index < -0.39 is 6.10 Å². The maximum absolute atomic E-state index is 12.3. The van der Waals surface area contributed by atoms with Crippen LogP contribution in [-0.2, 0) is 4.79 Å². The number of aliphatic hydroxyl groups excluding tert-OH is 1. The molecule has 1 amide bonds. The lowest BCUT2D eigenvalue weighted by atomic mass is 10.2. The third-order valence-corrected chi connectivity index (χ3v) is 4.66. The van der Waals surface area contributed by atoms with Crippen LogP contribution in [0.1, 0.15) is 18.4 Å². The lowest BCUT2D eigenvalue weighted by Crippen LogP contribution is -2.41. The number of carbonyl (C=O) groups is 1. The summed E-state index contributed by atoms with van der Waals surface area (Å²) in [6.07, 6.45) is 6.25. The lowest BCUT2D eigenvalue weighted by molar-refractivity contribution is -0.140. The van der Waals surface area contributed by atoms with Crippen molar-refractivity contribution >= 4 is 23.4 Å². The van der Waals surface area contributed by atoms with Gasteiger partial charge >= 0.3 is 0 Å². The van der Waals surface area contributed by atoms with Crippen molar-refractivity contribution in [1.29, 1.82) is 0 Å². The normalized spacial score (nSPS) is 17.2. The summed E-state index contributed by atoms with van der Waals surface area (Å²) in [5, 5.41) is 9.99. The first kappa shape index (κ1) is 17.1. The van der Waals surface area contributed by atoms with Gasteiger partial charge < -0.3 is 14.9 Å². The van der Waals surface area contributed by atoms with Gasteiger partial charge in [-0.1, -0.05) is 0 Å². The van der Waals surface area contributed by atoms with Gasteiger partial charge in [0.15, 0.2) is 0 Å². The van der Waals surface area contributed by atoms with E-state index in [-0.39, 0.29) is 5.91 Å². The fraction of sp³-hybridized carbons (Fsp3) is 0.625. The summed E-state index contributed by atoms with van der Waals surface area (Å²) in [5.41, 5.74) is 2.34. The van der Waals surface area contributed by atoms with Gasteiger partial charge in [-0.15, -0.1) is 0 Å². The van der Waals surface area contributed by atoms with Crippen LogP contribution in [0.4, 0.5) is 5.69 Å². The summed E-state index contributed by atoms with van der Waals surface area (Å²) in [4.78, 5) is 20.5. The standard InChI is InChI=1S/C16H25N3O2S/c1-13-12-17-6-4-14(13)18-7-3-8-19(10-9-18)16(21)15(20)5-11-22-2/h4,6,12,15,20H,3,5,7-11H2,1-2H3/t15-/m0/s1. The molecule has 1 N–H and O–H groups in total. The number of thioether (sulfide) groups is 1. The lowest BCUT2D eigenvalue weighted by Gasteiger charge is -2.26. The SMILES string of the molecule is CSCC[C@H](O)C(=O)N1CCCN(c2ccncc2C)CC1. The summed E-state index contributed by atoms with van der Waals surface area (Å²) >= 11 is 1.65. The van der Waals surface area contributed by atoms with Crippen LogP contribution in [0, 0.1) is 6.92 Å². The van der Waals surface area contributed by atoms with Crippen molar-refractivity contribution in [1.82, 2.24) is 9.88 Å². The smallest absolute Gasteiger partial charge is 0.251 e. The Bertz CT molecular complexity index is 498. The molecule has 122 valence electrons. The van der Waals surface area contributed by atoms with E-state index in [9.17, 15) is 9.90 Å². The monoisotopic (exact) mass is 323 g/mol. The predicted molar refractivity (Wildman–Crippen MR) is 91.4 cm³/mol. The summed E-state index contributed by atoms with van der Waals surface area (Å²) < 4.78 is 0. The van der Waals surface area contributed by atoms with E-state index in [0.29, 0.717) is 13.0 Å². The summed E-state index contributed by atoms with van der Waals surface area (Å²) in [5.74, 6) is 0.686. The quantitative estimate of drug-likeness (QED) is 0.891. The number of aromatic nitrogens is 1. The molecule has 1 aliphatic rings. The van der Waals surface area contributed by atoms with Crippen molar-refractivity contribution in [2.75, 3.05) is 43.1 Å². The molecule has 0 aliphatic carbocycles. The number of nitrogens with zero attached hydrogens (tertiary/aromatic N) is 3. The summed E-state index contributed by atoms with van der Waals surface area (Å²) in [6, 6.07) is 2.03. The Morgan fingerprint density at radius 1 is 1.41 bits per heavy atom. The molecule has 22 heavy (non-hydrogen) atoms. The Morgan fingerprint density at radius 3 is 2.95 bits per heavy atom. The largest absolute Gasteiger partial charge is 0.383 e. The van der Waals surface area contributed by atoms with Crippen LogP contribution in [0.2, 0.25) is 0 Å². The van der Waals surface area contributed by atoms with Gasteiger partial charge in [0, 0.05) is 44.3 Å². The van der Waals surface area contributed by atoms with E-state index in [1.54, 1.807) is 11.8 Å². The van der Waals surface area contributed by atoms with E-state index in [1.165, 1.54) is 5.69 Å². The van der Waals surface area contributed by atoms with Crippen molar-refractivity contribution in [2.45, 2.75) is 25.9 Å². The molecule has 1 fully saturated rings. The molecule has 0 spiro atoms. The zero-order valence-corrected chi connectivity index (χ0v) is 14.2. The van der Waals surface area contributed by atoms with Crippen molar-refractivity contribution < 1.29 is 9.90 Å². The van der Waals surface area contributed by atoms with Gasteiger partial charge in [-0.2, -0.15) is 11.8 Å². The van der Waals surface area contributed by atoms with Gasteiger partial charge in [0.25, 0.3) is 5.91 Å². The van der Waals surface area contributed by atoms with Crippen LogP contribution in [-0.4, -0.2) is 65.2 Å². The van der Waals surface area contributed by atoms with Gasteiger partial charge in [-0.3, -0.25) is 9.78 Å².